The molecule has 0 aliphatic carbocycles. The van der Waals surface area contributed by atoms with Gasteiger partial charge in [-0.25, -0.2) is 9.67 Å². The van der Waals surface area contributed by atoms with Crippen LogP contribution in [0.3, 0.4) is 0 Å². The summed E-state index contributed by atoms with van der Waals surface area (Å²) in [7, 11) is 1.65. The zero-order valence-corrected chi connectivity index (χ0v) is 22.8. The Bertz CT molecular complexity index is 1220. The molecule has 2 aromatic carbocycles. The lowest BCUT2D eigenvalue weighted by Crippen LogP contribution is -2.46. The standard InChI is InChI=1S/C26H31ClN6O2S/c1-25(2,3)21(22(32-16-28-15-29-32)35-20-11-7-17(27)8-12-20)30-23-26(4,5)33(24(36)31-23)18-9-13-19(34-6)14-10-18/h7-16,21-22H,1-6H3,(H,30,31,36)/t21-,22+/m1/s1. The SMILES string of the molecule is COc1ccc(N2C(=S)NC(=N[C@H]([C@H](Oc3ccc(Cl)cc3)n3cncn3)C(C)(C)C)C2(C)C)cc1. The van der Waals surface area contributed by atoms with Gasteiger partial charge in [0.2, 0.25) is 6.23 Å². The largest absolute Gasteiger partial charge is 0.497 e. The van der Waals surface area contributed by atoms with Gasteiger partial charge in [-0.05, 0) is 80.0 Å². The molecule has 2 heterocycles. The van der Waals surface area contributed by atoms with Crippen molar-refractivity contribution in [3.63, 3.8) is 0 Å². The number of hydrogen-bond donors (Lipinski definition) is 1. The average molecular weight is 527 g/mol. The Balaban J connectivity index is 1.74. The number of ether oxygens (including phenoxy) is 2. The molecule has 1 aliphatic rings. The first kappa shape index (κ1) is 25.9. The van der Waals surface area contributed by atoms with Crippen molar-refractivity contribution in [2.45, 2.75) is 52.4 Å². The number of methoxy groups -OCH3 is 1. The number of halogens is 1. The fourth-order valence-electron chi connectivity index (χ4n) is 4.12. The highest BCUT2D eigenvalue weighted by Gasteiger charge is 2.45. The lowest BCUT2D eigenvalue weighted by atomic mass is 9.85. The summed E-state index contributed by atoms with van der Waals surface area (Å²) in [6.45, 7) is 10.5. The maximum Gasteiger partial charge on any atom is 0.215 e. The van der Waals surface area contributed by atoms with Crippen LogP contribution in [0.2, 0.25) is 5.02 Å². The van der Waals surface area contributed by atoms with Gasteiger partial charge in [-0.1, -0.05) is 32.4 Å². The van der Waals surface area contributed by atoms with Crippen molar-refractivity contribution in [3.8, 4) is 11.5 Å². The third kappa shape index (κ3) is 5.32. The minimum absolute atomic E-state index is 0.303. The fraction of sp³-hybridized carbons (Fsp3) is 0.385. The van der Waals surface area contributed by atoms with Crippen molar-refractivity contribution in [1.29, 1.82) is 0 Å². The molecule has 1 aliphatic heterocycles. The summed E-state index contributed by atoms with van der Waals surface area (Å²) in [6.07, 6.45) is 2.56. The van der Waals surface area contributed by atoms with Crippen LogP contribution in [0, 0.1) is 5.41 Å². The van der Waals surface area contributed by atoms with Crippen LogP contribution in [-0.4, -0.2) is 44.4 Å². The van der Waals surface area contributed by atoms with E-state index in [-0.39, 0.29) is 11.5 Å². The van der Waals surface area contributed by atoms with E-state index in [1.54, 1.807) is 30.3 Å². The molecule has 0 bridgehead atoms. The van der Waals surface area contributed by atoms with E-state index in [1.165, 1.54) is 6.33 Å². The van der Waals surface area contributed by atoms with Crippen molar-refractivity contribution in [2.24, 2.45) is 10.4 Å². The van der Waals surface area contributed by atoms with Crippen LogP contribution in [-0.2, 0) is 0 Å². The number of anilines is 1. The second kappa shape index (κ2) is 10.1. The maximum atomic E-state index is 6.45. The molecule has 0 amide bonds. The molecular formula is C26H31ClN6O2S. The van der Waals surface area contributed by atoms with Crippen LogP contribution in [0.15, 0.2) is 66.2 Å². The molecule has 4 rings (SSSR count). The van der Waals surface area contributed by atoms with Gasteiger partial charge in [-0.3, -0.25) is 4.99 Å². The Morgan fingerprint density at radius 2 is 1.69 bits per heavy atom. The van der Waals surface area contributed by atoms with Crippen LogP contribution < -0.4 is 19.7 Å². The Morgan fingerprint density at radius 1 is 1.06 bits per heavy atom. The number of hydrogen-bond acceptors (Lipinski definition) is 6. The number of aliphatic imine (C=N–C) groups is 1. The molecule has 10 heteroatoms. The summed E-state index contributed by atoms with van der Waals surface area (Å²) in [5, 5.41) is 8.95. The highest BCUT2D eigenvalue weighted by Crippen LogP contribution is 2.36. The fourth-order valence-corrected chi connectivity index (χ4v) is 4.68. The van der Waals surface area contributed by atoms with Crippen molar-refractivity contribution in [2.75, 3.05) is 12.0 Å². The number of benzene rings is 2. The predicted octanol–water partition coefficient (Wildman–Crippen LogP) is 5.50. The molecule has 1 fully saturated rings. The van der Waals surface area contributed by atoms with Gasteiger partial charge in [-0.2, -0.15) is 5.10 Å². The van der Waals surface area contributed by atoms with Gasteiger partial charge in [0.05, 0.1) is 12.6 Å². The van der Waals surface area contributed by atoms with Crippen LogP contribution in [0.25, 0.3) is 0 Å². The van der Waals surface area contributed by atoms with Crippen LogP contribution in [0.1, 0.15) is 40.8 Å². The molecule has 0 saturated carbocycles. The van der Waals surface area contributed by atoms with E-state index in [0.717, 1.165) is 17.3 Å². The van der Waals surface area contributed by atoms with E-state index < -0.39 is 11.8 Å². The maximum absolute atomic E-state index is 6.45. The van der Waals surface area contributed by atoms with E-state index in [1.807, 2.05) is 36.4 Å². The summed E-state index contributed by atoms with van der Waals surface area (Å²) in [6, 6.07) is 14.7. The highest BCUT2D eigenvalue weighted by molar-refractivity contribution is 7.80. The van der Waals surface area contributed by atoms with Gasteiger partial charge in [0.1, 0.15) is 36.0 Å². The molecule has 8 nitrogen and oxygen atoms in total. The van der Waals surface area contributed by atoms with Gasteiger partial charge >= 0.3 is 0 Å². The van der Waals surface area contributed by atoms with Crippen LogP contribution in [0.4, 0.5) is 5.69 Å². The quantitative estimate of drug-likeness (QED) is 0.407. The summed E-state index contributed by atoms with van der Waals surface area (Å²) in [4.78, 5) is 11.5. The molecule has 1 aromatic heterocycles. The van der Waals surface area contributed by atoms with Crippen molar-refractivity contribution >= 4 is 40.5 Å². The van der Waals surface area contributed by atoms with Gasteiger partial charge in [0.25, 0.3) is 0 Å². The normalized spacial score (nSPS) is 18.1. The number of thiocarbonyl (C=S) groups is 1. The number of rotatable bonds is 7. The van der Waals surface area contributed by atoms with E-state index in [9.17, 15) is 0 Å². The lowest BCUT2D eigenvalue weighted by molar-refractivity contribution is 0.0470. The third-order valence-electron chi connectivity index (χ3n) is 6.09. The summed E-state index contributed by atoms with van der Waals surface area (Å²) in [5.41, 5.74) is 0.103. The minimum atomic E-state index is -0.567. The van der Waals surface area contributed by atoms with E-state index in [2.05, 4.69) is 54.9 Å². The molecule has 0 spiro atoms. The Kier molecular flexibility index (Phi) is 7.24. The second-order valence-corrected chi connectivity index (χ2v) is 11.0. The molecule has 0 radical (unpaired) electrons. The zero-order chi connectivity index (χ0) is 26.1. The molecular weight excluding hydrogens is 496 g/mol. The van der Waals surface area contributed by atoms with Gasteiger partial charge < -0.3 is 19.7 Å². The zero-order valence-electron chi connectivity index (χ0n) is 21.3. The van der Waals surface area contributed by atoms with Gasteiger partial charge in [0, 0.05) is 10.7 Å². The van der Waals surface area contributed by atoms with Crippen LogP contribution >= 0.6 is 23.8 Å². The lowest BCUT2D eigenvalue weighted by Gasteiger charge is -2.36. The topological polar surface area (TPSA) is 76.8 Å². The smallest absolute Gasteiger partial charge is 0.215 e. The number of aromatic nitrogens is 3. The summed E-state index contributed by atoms with van der Waals surface area (Å²) >= 11 is 11.8. The molecule has 36 heavy (non-hydrogen) atoms. The first-order valence-electron chi connectivity index (χ1n) is 11.6. The molecule has 0 unspecified atom stereocenters. The Hall–Kier alpha value is -3.17. The Labute approximate surface area is 222 Å². The highest BCUT2D eigenvalue weighted by atomic mass is 35.5. The van der Waals surface area contributed by atoms with Crippen molar-refractivity contribution in [3.05, 3.63) is 66.2 Å². The van der Waals surface area contributed by atoms with E-state index in [0.29, 0.717) is 15.9 Å². The minimum Gasteiger partial charge on any atom is -0.497 e. The third-order valence-corrected chi connectivity index (χ3v) is 6.63. The second-order valence-electron chi connectivity index (χ2n) is 10.1. The Morgan fingerprint density at radius 3 is 2.25 bits per heavy atom. The predicted molar refractivity (Wildman–Crippen MR) is 147 cm³/mol. The first-order valence-corrected chi connectivity index (χ1v) is 12.4. The molecule has 1 saturated heterocycles. The van der Waals surface area contributed by atoms with Gasteiger partial charge in [0.15, 0.2) is 5.11 Å². The average Bonchev–Trinajstić information content (AvgIpc) is 3.43. The van der Waals surface area contributed by atoms with Gasteiger partial charge in [-0.15, -0.1) is 0 Å². The number of amidine groups is 1. The van der Waals surface area contributed by atoms with E-state index in [4.69, 9.17) is 38.3 Å². The van der Waals surface area contributed by atoms with Crippen LogP contribution in [0.5, 0.6) is 11.5 Å². The van der Waals surface area contributed by atoms with Crippen molar-refractivity contribution in [1.82, 2.24) is 20.1 Å². The first-order chi connectivity index (χ1) is 17.0. The van der Waals surface area contributed by atoms with Crippen molar-refractivity contribution < 1.29 is 9.47 Å². The summed E-state index contributed by atoms with van der Waals surface area (Å²) < 4.78 is 13.5. The molecule has 190 valence electrons. The van der Waals surface area contributed by atoms with E-state index >= 15 is 0 Å². The molecule has 1 N–H and O–H groups in total. The molecule has 2 atom stereocenters. The monoisotopic (exact) mass is 526 g/mol. The number of nitrogens with one attached hydrogen (secondary N) is 1. The number of nitrogens with zero attached hydrogens (tertiary/aromatic N) is 5. The summed E-state index contributed by atoms with van der Waals surface area (Å²) in [5.74, 6) is 2.18. The molecule has 3 aromatic rings.